The number of nitriles is 1. The zero-order chi connectivity index (χ0) is 16.9. The molecule has 3 aromatic heterocycles. The van der Waals surface area contributed by atoms with Crippen molar-refractivity contribution in [3.63, 3.8) is 0 Å². The van der Waals surface area contributed by atoms with Gasteiger partial charge in [0.05, 0.1) is 16.3 Å². The maximum Gasteiger partial charge on any atom is 0.266 e. The molecule has 0 saturated heterocycles. The first-order valence-corrected chi connectivity index (χ1v) is 7.95. The standard InChI is InChI=1S/C17H13N5OS/c1-11-15(24-17(21-11)14-6-3-7-19-10-14)12(2)22-23-16-13(9-18)5-4-8-20-16/h3-8,10H,1-2H3. The number of nitrogens with zero attached hydrogens (tertiary/aromatic N) is 5. The van der Waals surface area contributed by atoms with Crippen LogP contribution >= 0.6 is 11.3 Å². The second-order valence-corrected chi connectivity index (χ2v) is 5.91. The smallest absolute Gasteiger partial charge is 0.266 e. The summed E-state index contributed by atoms with van der Waals surface area (Å²) in [4.78, 5) is 19.0. The zero-order valence-electron chi connectivity index (χ0n) is 13.1. The molecule has 0 aliphatic rings. The van der Waals surface area contributed by atoms with E-state index in [1.165, 1.54) is 11.3 Å². The number of pyridine rings is 2. The number of aromatic nitrogens is 3. The van der Waals surface area contributed by atoms with E-state index < -0.39 is 0 Å². The van der Waals surface area contributed by atoms with E-state index >= 15 is 0 Å². The van der Waals surface area contributed by atoms with Crippen molar-refractivity contribution in [3.8, 4) is 22.5 Å². The maximum absolute atomic E-state index is 9.04. The molecule has 24 heavy (non-hydrogen) atoms. The Bertz CT molecular complexity index is 928. The summed E-state index contributed by atoms with van der Waals surface area (Å²) < 4.78 is 0. The highest BCUT2D eigenvalue weighted by atomic mass is 32.1. The predicted octanol–water partition coefficient (Wildman–Crippen LogP) is 3.58. The topological polar surface area (TPSA) is 84.0 Å². The van der Waals surface area contributed by atoms with E-state index in [0.717, 1.165) is 21.1 Å². The Morgan fingerprint density at radius 1 is 1.29 bits per heavy atom. The van der Waals surface area contributed by atoms with Gasteiger partial charge in [-0.05, 0) is 38.1 Å². The van der Waals surface area contributed by atoms with Gasteiger partial charge in [0, 0.05) is 24.2 Å². The second-order valence-electron chi connectivity index (χ2n) is 4.91. The molecule has 0 amide bonds. The SMILES string of the molecule is CC(=NOc1ncccc1C#N)c1sc(-c2cccnc2)nc1C. The largest absolute Gasteiger partial charge is 0.335 e. The molecule has 0 unspecified atom stereocenters. The molecule has 3 aromatic rings. The summed E-state index contributed by atoms with van der Waals surface area (Å²) in [6.45, 7) is 3.76. The van der Waals surface area contributed by atoms with Crippen LogP contribution in [0.15, 0.2) is 48.0 Å². The van der Waals surface area contributed by atoms with E-state index in [9.17, 15) is 0 Å². The first kappa shape index (κ1) is 15.8. The monoisotopic (exact) mass is 335 g/mol. The van der Waals surface area contributed by atoms with Crippen LogP contribution < -0.4 is 4.84 Å². The van der Waals surface area contributed by atoms with Crippen LogP contribution in [0.2, 0.25) is 0 Å². The summed E-state index contributed by atoms with van der Waals surface area (Å²) in [5, 5.41) is 14.0. The molecule has 0 bridgehead atoms. The average molecular weight is 335 g/mol. The number of oxime groups is 1. The van der Waals surface area contributed by atoms with E-state index in [-0.39, 0.29) is 5.88 Å². The van der Waals surface area contributed by atoms with Crippen LogP contribution in [0.1, 0.15) is 23.1 Å². The van der Waals surface area contributed by atoms with Crippen molar-refractivity contribution < 1.29 is 4.84 Å². The Labute approximate surface area is 143 Å². The Morgan fingerprint density at radius 3 is 2.88 bits per heavy atom. The van der Waals surface area contributed by atoms with E-state index in [1.54, 1.807) is 30.7 Å². The van der Waals surface area contributed by atoms with Gasteiger partial charge in [-0.15, -0.1) is 11.3 Å². The Morgan fingerprint density at radius 2 is 2.12 bits per heavy atom. The Balaban J connectivity index is 1.86. The van der Waals surface area contributed by atoms with Gasteiger partial charge in [0.25, 0.3) is 5.88 Å². The lowest BCUT2D eigenvalue weighted by molar-refractivity contribution is 0.326. The molecule has 0 saturated carbocycles. The van der Waals surface area contributed by atoms with Gasteiger partial charge in [0.15, 0.2) is 0 Å². The molecule has 6 nitrogen and oxygen atoms in total. The average Bonchev–Trinajstić information content (AvgIpc) is 3.02. The first-order valence-electron chi connectivity index (χ1n) is 7.14. The highest BCUT2D eigenvalue weighted by Crippen LogP contribution is 2.28. The van der Waals surface area contributed by atoms with Crippen LogP contribution in [0.5, 0.6) is 5.88 Å². The number of hydrogen-bond donors (Lipinski definition) is 0. The summed E-state index contributed by atoms with van der Waals surface area (Å²) in [7, 11) is 0. The van der Waals surface area contributed by atoms with Gasteiger partial charge >= 0.3 is 0 Å². The summed E-state index contributed by atoms with van der Waals surface area (Å²) in [5.74, 6) is 0.189. The summed E-state index contributed by atoms with van der Waals surface area (Å²) in [6.07, 6.45) is 5.06. The van der Waals surface area contributed by atoms with Gasteiger partial charge in [-0.25, -0.2) is 9.97 Å². The van der Waals surface area contributed by atoms with Crippen molar-refractivity contribution in [3.05, 3.63) is 59.0 Å². The van der Waals surface area contributed by atoms with Crippen molar-refractivity contribution in [2.75, 3.05) is 0 Å². The second kappa shape index (κ2) is 6.98. The third-order valence-corrected chi connectivity index (χ3v) is 4.51. The van der Waals surface area contributed by atoms with Crippen molar-refractivity contribution in [2.24, 2.45) is 5.16 Å². The molecular weight excluding hydrogens is 322 g/mol. The number of thiazole rings is 1. The number of hydrogen-bond acceptors (Lipinski definition) is 7. The fourth-order valence-electron chi connectivity index (χ4n) is 2.05. The van der Waals surface area contributed by atoms with Gasteiger partial charge < -0.3 is 4.84 Å². The minimum absolute atomic E-state index is 0.189. The molecule has 0 fully saturated rings. The number of aryl methyl sites for hydroxylation is 1. The molecule has 3 rings (SSSR count). The van der Waals surface area contributed by atoms with Gasteiger partial charge in [0.2, 0.25) is 0 Å². The van der Waals surface area contributed by atoms with Gasteiger partial charge in [-0.3, -0.25) is 4.98 Å². The molecule has 7 heteroatoms. The normalized spacial score (nSPS) is 11.1. The molecule has 0 aliphatic carbocycles. The molecule has 0 aromatic carbocycles. The molecule has 0 N–H and O–H groups in total. The van der Waals surface area contributed by atoms with Crippen LogP contribution in [0, 0.1) is 18.3 Å². The van der Waals surface area contributed by atoms with E-state index in [2.05, 4.69) is 20.1 Å². The van der Waals surface area contributed by atoms with Gasteiger partial charge in [-0.2, -0.15) is 5.26 Å². The van der Waals surface area contributed by atoms with Gasteiger partial charge in [0.1, 0.15) is 16.6 Å². The van der Waals surface area contributed by atoms with Crippen LogP contribution in [-0.4, -0.2) is 20.7 Å². The lowest BCUT2D eigenvalue weighted by Crippen LogP contribution is -1.99. The van der Waals surface area contributed by atoms with Crippen molar-refractivity contribution >= 4 is 17.0 Å². The summed E-state index contributed by atoms with van der Waals surface area (Å²) >= 11 is 1.52. The summed E-state index contributed by atoms with van der Waals surface area (Å²) in [5.41, 5.74) is 2.84. The molecule has 0 atom stereocenters. The number of rotatable bonds is 4. The van der Waals surface area contributed by atoms with Crippen LogP contribution in [0.4, 0.5) is 0 Å². The quantitative estimate of drug-likeness (QED) is 0.537. The van der Waals surface area contributed by atoms with Crippen LogP contribution in [-0.2, 0) is 0 Å². The predicted molar refractivity (Wildman–Crippen MR) is 91.9 cm³/mol. The first-order chi connectivity index (χ1) is 11.7. The molecule has 0 radical (unpaired) electrons. The Hall–Kier alpha value is -3.11. The lowest BCUT2D eigenvalue weighted by Gasteiger charge is -2.01. The van der Waals surface area contributed by atoms with E-state index in [1.807, 2.05) is 32.0 Å². The zero-order valence-corrected chi connectivity index (χ0v) is 13.9. The third-order valence-electron chi connectivity index (χ3n) is 3.19. The fraction of sp³-hybridized carbons (Fsp3) is 0.118. The fourth-order valence-corrected chi connectivity index (χ4v) is 3.04. The van der Waals surface area contributed by atoms with Gasteiger partial charge in [-0.1, -0.05) is 5.16 Å². The highest BCUT2D eigenvalue weighted by molar-refractivity contribution is 7.17. The third kappa shape index (κ3) is 3.29. The minimum Gasteiger partial charge on any atom is -0.335 e. The minimum atomic E-state index is 0.189. The molecule has 118 valence electrons. The van der Waals surface area contributed by atoms with Crippen LogP contribution in [0.25, 0.3) is 10.6 Å². The highest BCUT2D eigenvalue weighted by Gasteiger charge is 2.13. The Kier molecular flexibility index (Phi) is 4.59. The van der Waals surface area contributed by atoms with Crippen LogP contribution in [0.3, 0.4) is 0 Å². The van der Waals surface area contributed by atoms with E-state index in [4.69, 9.17) is 10.1 Å². The lowest BCUT2D eigenvalue weighted by atomic mass is 10.3. The maximum atomic E-state index is 9.04. The van der Waals surface area contributed by atoms with Crippen molar-refractivity contribution in [2.45, 2.75) is 13.8 Å². The molecule has 0 spiro atoms. The molecule has 0 aliphatic heterocycles. The van der Waals surface area contributed by atoms with Crippen molar-refractivity contribution in [1.82, 2.24) is 15.0 Å². The van der Waals surface area contributed by atoms with Crippen molar-refractivity contribution in [1.29, 1.82) is 5.26 Å². The molecular formula is C17H13N5OS. The van der Waals surface area contributed by atoms with E-state index in [0.29, 0.717) is 11.3 Å². The molecule has 3 heterocycles. The summed E-state index contributed by atoms with van der Waals surface area (Å²) in [6, 6.07) is 9.17.